The molecule has 4 N–H and O–H groups in total. The molecule has 0 aliphatic carbocycles. The second-order valence-electron chi connectivity index (χ2n) is 6.00. The Hall–Kier alpha value is 0.490. The molecule has 0 unspecified atom stereocenters. The van der Waals surface area contributed by atoms with Crippen LogP contribution in [0.15, 0.2) is 0 Å². The molecule has 0 radical (unpaired) electrons. The summed E-state index contributed by atoms with van der Waals surface area (Å²) in [7, 11) is 0. The summed E-state index contributed by atoms with van der Waals surface area (Å²) in [5.41, 5.74) is 5.34. The predicted molar refractivity (Wildman–Crippen MR) is 105 cm³/mol. The van der Waals surface area contributed by atoms with Crippen molar-refractivity contribution >= 4 is 18.5 Å². The van der Waals surface area contributed by atoms with Crippen LogP contribution in [0.3, 0.4) is 0 Å². The molecule has 0 fully saturated rings. The Labute approximate surface area is 149 Å². The second kappa shape index (κ2) is 20.5. The Bertz CT molecular complexity index is 256. The molecule has 0 aromatic carbocycles. The molecule has 0 saturated carbocycles. The predicted octanol–water partition coefficient (Wildman–Crippen LogP) is 5.27. The van der Waals surface area contributed by atoms with E-state index in [-0.39, 0.29) is 0 Å². The molecule has 6 heteroatoms. The lowest BCUT2D eigenvalue weighted by atomic mass is 10.1. The Morgan fingerprint density at radius 1 is 0.739 bits per heavy atom. The maximum atomic E-state index is 8.75. The van der Waals surface area contributed by atoms with Gasteiger partial charge in [0.25, 0.3) is 0 Å². The van der Waals surface area contributed by atoms with Crippen LogP contribution in [-0.2, 0) is 16.3 Å². The molecular formula is C17H40NO3PS. The molecule has 0 atom stereocenters. The zero-order valence-electron chi connectivity index (χ0n) is 15.3. The number of unbranched alkanes of at least 4 members (excludes halogenated alkanes) is 11. The van der Waals surface area contributed by atoms with Crippen LogP contribution in [0.25, 0.3) is 0 Å². The Balaban J connectivity index is 0. The van der Waals surface area contributed by atoms with Gasteiger partial charge < -0.3 is 20.0 Å². The van der Waals surface area contributed by atoms with E-state index in [2.05, 4.69) is 25.7 Å². The molecule has 0 saturated heterocycles. The average Bonchev–Trinajstić information content (AvgIpc) is 2.49. The summed E-state index contributed by atoms with van der Waals surface area (Å²) in [6, 6.07) is 0. The summed E-state index contributed by atoms with van der Waals surface area (Å²) in [5.74, 6) is 0. The summed E-state index contributed by atoms with van der Waals surface area (Å²) in [4.78, 5) is 17.5. The topological polar surface area (TPSA) is 75.7 Å². The lowest BCUT2D eigenvalue weighted by Gasteiger charge is -2.07. The molecule has 4 nitrogen and oxygen atoms in total. The van der Waals surface area contributed by atoms with Crippen molar-refractivity contribution in [3.05, 3.63) is 0 Å². The minimum atomic E-state index is -3.40. The first-order chi connectivity index (χ1) is 11.0. The lowest BCUT2D eigenvalue weighted by Crippen LogP contribution is -1.97. The van der Waals surface area contributed by atoms with Crippen LogP contribution in [0.1, 0.15) is 97.3 Å². The molecule has 0 aliphatic heterocycles. The normalized spacial score (nSPS) is 11.2. The van der Waals surface area contributed by atoms with Gasteiger partial charge >= 0.3 is 6.72 Å². The van der Waals surface area contributed by atoms with Crippen molar-refractivity contribution in [1.82, 2.24) is 0 Å². The van der Waals surface area contributed by atoms with E-state index >= 15 is 0 Å². The number of rotatable bonds is 15. The van der Waals surface area contributed by atoms with E-state index in [4.69, 9.17) is 20.0 Å². The second-order valence-corrected chi connectivity index (χ2v) is 8.67. The molecule has 0 heterocycles. The zero-order chi connectivity index (χ0) is 17.8. The minimum absolute atomic E-state index is 0.373. The fraction of sp³-hybridized carbons (Fsp3) is 1.00. The average molecular weight is 370 g/mol. The highest BCUT2D eigenvalue weighted by molar-refractivity contribution is 8.06. The van der Waals surface area contributed by atoms with E-state index in [1.54, 1.807) is 0 Å². The third kappa shape index (κ3) is 30.9. The number of hydrogen-bond donors (Lipinski definition) is 3. The van der Waals surface area contributed by atoms with Crippen LogP contribution in [0.2, 0.25) is 0 Å². The van der Waals surface area contributed by atoms with Gasteiger partial charge in [0.1, 0.15) is 0 Å². The van der Waals surface area contributed by atoms with Crippen LogP contribution < -0.4 is 5.73 Å². The lowest BCUT2D eigenvalue weighted by molar-refractivity contribution is 0.245. The van der Waals surface area contributed by atoms with Gasteiger partial charge in [0.05, 0.1) is 6.61 Å². The van der Waals surface area contributed by atoms with E-state index in [0.29, 0.717) is 6.61 Å². The van der Waals surface area contributed by atoms with Crippen LogP contribution in [0.5, 0.6) is 0 Å². The van der Waals surface area contributed by atoms with Crippen molar-refractivity contribution in [2.75, 3.05) is 13.2 Å². The summed E-state index contributed by atoms with van der Waals surface area (Å²) in [5, 5.41) is 0. The minimum Gasteiger partial charge on any atom is -0.330 e. The summed E-state index contributed by atoms with van der Waals surface area (Å²) < 4.78 is 4.69. The van der Waals surface area contributed by atoms with Gasteiger partial charge in [0.2, 0.25) is 0 Å². The first-order valence-corrected chi connectivity index (χ1v) is 12.0. The maximum absolute atomic E-state index is 8.75. The van der Waals surface area contributed by atoms with Gasteiger partial charge in [-0.25, -0.2) is 0 Å². The molecule has 142 valence electrons. The van der Waals surface area contributed by atoms with Crippen LogP contribution >= 0.6 is 6.72 Å². The quantitative estimate of drug-likeness (QED) is 0.271. The number of hydrogen-bond acceptors (Lipinski definition) is 3. The van der Waals surface area contributed by atoms with Crippen molar-refractivity contribution in [2.24, 2.45) is 5.73 Å². The molecule has 0 amide bonds. The van der Waals surface area contributed by atoms with Gasteiger partial charge in [-0.1, -0.05) is 84.5 Å². The molecule has 23 heavy (non-hydrogen) atoms. The molecule has 0 spiro atoms. The maximum Gasteiger partial charge on any atom is 0.321 e. The van der Waals surface area contributed by atoms with E-state index < -0.39 is 6.72 Å². The fourth-order valence-electron chi connectivity index (χ4n) is 2.17. The van der Waals surface area contributed by atoms with E-state index in [0.717, 1.165) is 19.4 Å². The fourth-order valence-corrected chi connectivity index (χ4v) is 2.76. The standard InChI is InChI=1S/C9H21O3PS.C8H19N/c1-2-3-4-5-6-7-8-9-12-13(10,11)14;1-2-3-4-5-6-7-8-9/h2-9H2,1H3,(H2,10,11,14);2-9H2,1H3. The van der Waals surface area contributed by atoms with Gasteiger partial charge in [-0.3, -0.25) is 0 Å². The van der Waals surface area contributed by atoms with Gasteiger partial charge in [-0.05, 0) is 31.2 Å². The third-order valence-corrected chi connectivity index (χ3v) is 4.40. The van der Waals surface area contributed by atoms with Crippen molar-refractivity contribution in [1.29, 1.82) is 0 Å². The van der Waals surface area contributed by atoms with Crippen LogP contribution in [0, 0.1) is 0 Å². The largest absolute Gasteiger partial charge is 0.330 e. The highest BCUT2D eigenvalue weighted by atomic mass is 32.5. The van der Waals surface area contributed by atoms with Gasteiger partial charge in [-0.2, -0.15) is 0 Å². The Morgan fingerprint density at radius 2 is 1.13 bits per heavy atom. The van der Waals surface area contributed by atoms with E-state index in [1.807, 2.05) is 0 Å². The molecule has 0 rings (SSSR count). The smallest absolute Gasteiger partial charge is 0.321 e. The zero-order valence-corrected chi connectivity index (χ0v) is 17.1. The molecule has 0 bridgehead atoms. The molecule has 0 aromatic heterocycles. The van der Waals surface area contributed by atoms with Crippen molar-refractivity contribution in [3.8, 4) is 0 Å². The monoisotopic (exact) mass is 369 g/mol. The van der Waals surface area contributed by atoms with Crippen LogP contribution in [-0.4, -0.2) is 22.9 Å². The summed E-state index contributed by atoms with van der Waals surface area (Å²) in [6.07, 6.45) is 16.3. The van der Waals surface area contributed by atoms with Gasteiger partial charge in [-0.15, -0.1) is 0 Å². The highest BCUT2D eigenvalue weighted by Crippen LogP contribution is 2.36. The van der Waals surface area contributed by atoms with E-state index in [1.165, 1.54) is 70.6 Å². The molecular weight excluding hydrogens is 329 g/mol. The first kappa shape index (κ1) is 25.7. The number of nitrogens with two attached hydrogens (primary N) is 1. The Morgan fingerprint density at radius 3 is 1.52 bits per heavy atom. The Kier molecular flexibility index (Phi) is 23.0. The molecule has 0 aliphatic rings. The summed E-state index contributed by atoms with van der Waals surface area (Å²) in [6.45, 7) is 2.28. The van der Waals surface area contributed by atoms with Gasteiger partial charge in [0.15, 0.2) is 0 Å². The SMILES string of the molecule is CCCCCCCCCOP(O)(O)=S.CCCCCCCCN. The van der Waals surface area contributed by atoms with E-state index in [9.17, 15) is 0 Å². The summed E-state index contributed by atoms with van der Waals surface area (Å²) >= 11 is 4.32. The van der Waals surface area contributed by atoms with Gasteiger partial charge in [0, 0.05) is 0 Å². The molecule has 0 aromatic rings. The first-order valence-electron chi connectivity index (χ1n) is 9.38. The van der Waals surface area contributed by atoms with Crippen molar-refractivity contribution in [3.63, 3.8) is 0 Å². The highest BCUT2D eigenvalue weighted by Gasteiger charge is 2.05. The van der Waals surface area contributed by atoms with Crippen molar-refractivity contribution < 1.29 is 14.3 Å². The third-order valence-electron chi connectivity index (χ3n) is 3.57. The van der Waals surface area contributed by atoms with Crippen molar-refractivity contribution in [2.45, 2.75) is 97.3 Å². The van der Waals surface area contributed by atoms with Crippen LogP contribution in [0.4, 0.5) is 0 Å².